The van der Waals surface area contributed by atoms with Crippen LogP contribution in [-0.4, -0.2) is 16.8 Å². The van der Waals surface area contributed by atoms with E-state index in [-0.39, 0.29) is 6.04 Å². The molecule has 0 radical (unpaired) electrons. The molecule has 0 aliphatic carbocycles. The highest BCUT2D eigenvalue weighted by Gasteiger charge is 2.17. The van der Waals surface area contributed by atoms with Gasteiger partial charge in [0.25, 0.3) is 0 Å². The molecule has 0 aliphatic rings. The van der Waals surface area contributed by atoms with E-state index < -0.39 is 0 Å². The smallest absolute Gasteiger partial charge is 0.0596 e. The molecular formula is C15H19BrClN3. The molecule has 0 spiro atoms. The van der Waals surface area contributed by atoms with Gasteiger partial charge in [-0.15, -0.1) is 0 Å². The standard InChI is InChI=1S/C15H19BrClN3/c1-4-20-11(8-10(2)19-20)9-14(18-3)12-6-5-7-13(16)15(12)17/h5-8,14,18H,4,9H2,1-3H3. The van der Waals surface area contributed by atoms with Gasteiger partial charge in [-0.1, -0.05) is 23.7 Å². The second-order valence-corrected chi connectivity index (χ2v) is 6.01. The first kappa shape index (κ1) is 15.5. The predicted molar refractivity (Wildman–Crippen MR) is 87.3 cm³/mol. The summed E-state index contributed by atoms with van der Waals surface area (Å²) in [6, 6.07) is 8.34. The quantitative estimate of drug-likeness (QED) is 0.873. The van der Waals surface area contributed by atoms with Crippen molar-refractivity contribution >= 4 is 27.5 Å². The lowest BCUT2D eigenvalue weighted by Gasteiger charge is -2.19. The molecular weight excluding hydrogens is 338 g/mol. The Morgan fingerprint density at radius 1 is 1.45 bits per heavy atom. The van der Waals surface area contributed by atoms with Crippen LogP contribution in [0.25, 0.3) is 0 Å². The molecule has 108 valence electrons. The van der Waals surface area contributed by atoms with E-state index >= 15 is 0 Å². The van der Waals surface area contributed by atoms with Gasteiger partial charge >= 0.3 is 0 Å². The first-order chi connectivity index (χ1) is 9.56. The monoisotopic (exact) mass is 355 g/mol. The number of hydrogen-bond acceptors (Lipinski definition) is 2. The zero-order valence-electron chi connectivity index (χ0n) is 12.0. The summed E-state index contributed by atoms with van der Waals surface area (Å²) in [5.41, 5.74) is 3.38. The van der Waals surface area contributed by atoms with E-state index in [1.165, 1.54) is 5.69 Å². The Kier molecular flexibility index (Phi) is 5.24. The summed E-state index contributed by atoms with van der Waals surface area (Å²) in [4.78, 5) is 0. The molecule has 1 unspecified atom stereocenters. The fourth-order valence-electron chi connectivity index (χ4n) is 2.40. The molecule has 2 aromatic rings. The highest BCUT2D eigenvalue weighted by atomic mass is 79.9. The molecule has 20 heavy (non-hydrogen) atoms. The molecule has 1 N–H and O–H groups in total. The molecule has 0 aliphatic heterocycles. The number of aryl methyl sites for hydroxylation is 2. The summed E-state index contributed by atoms with van der Waals surface area (Å²) in [7, 11) is 1.96. The zero-order chi connectivity index (χ0) is 14.7. The molecule has 1 aromatic carbocycles. The molecule has 2 rings (SSSR count). The molecule has 1 aromatic heterocycles. The van der Waals surface area contributed by atoms with Crippen molar-refractivity contribution in [1.29, 1.82) is 0 Å². The Balaban J connectivity index is 2.31. The van der Waals surface area contributed by atoms with Crippen molar-refractivity contribution in [3.63, 3.8) is 0 Å². The minimum Gasteiger partial charge on any atom is -0.313 e. The number of nitrogens with zero attached hydrogens (tertiary/aromatic N) is 2. The van der Waals surface area contributed by atoms with Crippen LogP contribution in [0.2, 0.25) is 5.02 Å². The fraction of sp³-hybridized carbons (Fsp3) is 0.400. The second-order valence-electron chi connectivity index (χ2n) is 4.78. The third kappa shape index (κ3) is 3.25. The van der Waals surface area contributed by atoms with Gasteiger partial charge in [-0.2, -0.15) is 5.10 Å². The lowest BCUT2D eigenvalue weighted by atomic mass is 10.0. The number of rotatable bonds is 5. The van der Waals surface area contributed by atoms with Gasteiger partial charge in [-0.3, -0.25) is 4.68 Å². The van der Waals surface area contributed by atoms with Crippen LogP contribution < -0.4 is 5.32 Å². The molecule has 5 heteroatoms. The van der Waals surface area contributed by atoms with Crippen LogP contribution in [0.5, 0.6) is 0 Å². The van der Waals surface area contributed by atoms with E-state index in [9.17, 15) is 0 Å². The summed E-state index contributed by atoms with van der Waals surface area (Å²) in [6.07, 6.45) is 0.862. The van der Waals surface area contributed by atoms with Crippen molar-refractivity contribution < 1.29 is 0 Å². The Bertz CT molecular complexity index is 595. The number of benzene rings is 1. The number of hydrogen-bond donors (Lipinski definition) is 1. The maximum Gasteiger partial charge on any atom is 0.0596 e. The molecule has 1 atom stereocenters. The lowest BCUT2D eigenvalue weighted by molar-refractivity contribution is 0.541. The van der Waals surface area contributed by atoms with Gasteiger partial charge in [0.05, 0.1) is 10.7 Å². The average molecular weight is 357 g/mol. The van der Waals surface area contributed by atoms with Crippen molar-refractivity contribution in [3.8, 4) is 0 Å². The minimum absolute atomic E-state index is 0.168. The second kappa shape index (κ2) is 6.74. The first-order valence-electron chi connectivity index (χ1n) is 6.71. The van der Waals surface area contributed by atoms with E-state index in [1.807, 2.05) is 30.8 Å². The van der Waals surface area contributed by atoms with E-state index in [1.54, 1.807) is 0 Å². The lowest BCUT2D eigenvalue weighted by Crippen LogP contribution is -2.21. The summed E-state index contributed by atoms with van der Waals surface area (Å²) in [6.45, 7) is 5.01. The predicted octanol–water partition coefficient (Wildman–Crippen LogP) is 4.13. The molecule has 1 heterocycles. The topological polar surface area (TPSA) is 29.9 Å². The largest absolute Gasteiger partial charge is 0.313 e. The third-order valence-electron chi connectivity index (χ3n) is 3.40. The Morgan fingerprint density at radius 2 is 2.20 bits per heavy atom. The van der Waals surface area contributed by atoms with Gasteiger partial charge in [0, 0.05) is 29.2 Å². The van der Waals surface area contributed by atoms with Crippen LogP contribution >= 0.6 is 27.5 Å². The molecule has 0 bridgehead atoms. The molecule has 3 nitrogen and oxygen atoms in total. The van der Waals surface area contributed by atoms with Gasteiger partial charge in [0.1, 0.15) is 0 Å². The van der Waals surface area contributed by atoms with E-state index in [2.05, 4.69) is 45.4 Å². The SMILES string of the molecule is CCn1nc(C)cc1CC(NC)c1cccc(Br)c1Cl. The van der Waals surface area contributed by atoms with Crippen molar-refractivity contribution in [2.75, 3.05) is 7.05 Å². The number of aromatic nitrogens is 2. The number of halogens is 2. The number of nitrogens with one attached hydrogen (secondary N) is 1. The van der Waals surface area contributed by atoms with Crippen LogP contribution in [0.3, 0.4) is 0 Å². The Morgan fingerprint density at radius 3 is 2.85 bits per heavy atom. The third-order valence-corrected chi connectivity index (χ3v) is 4.71. The van der Waals surface area contributed by atoms with Gasteiger partial charge < -0.3 is 5.32 Å². The fourth-order valence-corrected chi connectivity index (χ4v) is 3.04. The van der Waals surface area contributed by atoms with Crippen LogP contribution in [0.1, 0.15) is 29.9 Å². The summed E-state index contributed by atoms with van der Waals surface area (Å²) in [5, 5.41) is 8.62. The van der Waals surface area contributed by atoms with E-state index in [0.717, 1.165) is 33.7 Å². The molecule has 0 fully saturated rings. The molecule has 0 saturated carbocycles. The van der Waals surface area contributed by atoms with Crippen LogP contribution in [0.4, 0.5) is 0 Å². The van der Waals surface area contributed by atoms with Gasteiger partial charge in [-0.25, -0.2) is 0 Å². The van der Waals surface area contributed by atoms with Crippen LogP contribution in [0, 0.1) is 6.92 Å². The maximum absolute atomic E-state index is 6.40. The number of likely N-dealkylation sites (N-methyl/N-ethyl adjacent to an activating group) is 1. The van der Waals surface area contributed by atoms with Crippen LogP contribution in [0.15, 0.2) is 28.7 Å². The van der Waals surface area contributed by atoms with E-state index in [4.69, 9.17) is 11.6 Å². The highest BCUT2D eigenvalue weighted by Crippen LogP contribution is 2.31. The summed E-state index contributed by atoms with van der Waals surface area (Å²) < 4.78 is 2.98. The molecule has 0 saturated heterocycles. The van der Waals surface area contributed by atoms with Crippen molar-refractivity contribution in [3.05, 3.63) is 50.7 Å². The normalized spacial score (nSPS) is 12.7. The summed E-state index contributed by atoms with van der Waals surface area (Å²) in [5.74, 6) is 0. The maximum atomic E-state index is 6.40. The Labute approximate surface area is 133 Å². The first-order valence-corrected chi connectivity index (χ1v) is 7.88. The zero-order valence-corrected chi connectivity index (χ0v) is 14.3. The van der Waals surface area contributed by atoms with Crippen molar-refractivity contribution in [1.82, 2.24) is 15.1 Å². The minimum atomic E-state index is 0.168. The van der Waals surface area contributed by atoms with Gasteiger partial charge in [0.15, 0.2) is 0 Å². The average Bonchev–Trinajstić information content (AvgIpc) is 2.79. The van der Waals surface area contributed by atoms with Crippen LogP contribution in [-0.2, 0) is 13.0 Å². The van der Waals surface area contributed by atoms with Gasteiger partial charge in [-0.05, 0) is 54.5 Å². The highest BCUT2D eigenvalue weighted by molar-refractivity contribution is 9.10. The molecule has 0 amide bonds. The van der Waals surface area contributed by atoms with Crippen molar-refractivity contribution in [2.45, 2.75) is 32.9 Å². The van der Waals surface area contributed by atoms with Gasteiger partial charge in [0.2, 0.25) is 0 Å². The van der Waals surface area contributed by atoms with E-state index in [0.29, 0.717) is 0 Å². The summed E-state index contributed by atoms with van der Waals surface area (Å²) >= 11 is 9.89. The van der Waals surface area contributed by atoms with Crippen molar-refractivity contribution in [2.24, 2.45) is 0 Å². The Hall–Kier alpha value is -0.840.